The van der Waals surface area contributed by atoms with Crippen LogP contribution in [0.2, 0.25) is 0 Å². The van der Waals surface area contributed by atoms with Crippen molar-refractivity contribution >= 4 is 23.1 Å². The number of amides is 2. The number of nitrogens with one attached hydrogen (secondary N) is 1. The van der Waals surface area contributed by atoms with Gasteiger partial charge < -0.3 is 19.5 Å². The Morgan fingerprint density at radius 1 is 1.00 bits per heavy atom. The Kier molecular flexibility index (Phi) is 5.35. The molecule has 2 heterocycles. The fourth-order valence-corrected chi connectivity index (χ4v) is 3.55. The van der Waals surface area contributed by atoms with Crippen molar-refractivity contribution in [1.29, 1.82) is 0 Å². The van der Waals surface area contributed by atoms with Gasteiger partial charge in [0.2, 0.25) is 0 Å². The summed E-state index contributed by atoms with van der Waals surface area (Å²) in [5, 5.41) is 3.15. The number of fused-ring (bicyclic) bond motifs is 1. The van der Waals surface area contributed by atoms with E-state index < -0.39 is 0 Å². The van der Waals surface area contributed by atoms with E-state index in [9.17, 15) is 9.59 Å². The Morgan fingerprint density at radius 2 is 1.70 bits per heavy atom. The molecule has 2 aromatic carbocycles. The quantitative estimate of drug-likeness (QED) is 0.738. The van der Waals surface area contributed by atoms with Crippen molar-refractivity contribution in [3.05, 3.63) is 53.7 Å². The molecule has 0 saturated heterocycles. The van der Waals surface area contributed by atoms with Crippen LogP contribution < -0.4 is 19.5 Å². The van der Waals surface area contributed by atoms with Crippen molar-refractivity contribution in [2.24, 2.45) is 0 Å². The second-order valence-corrected chi connectivity index (χ2v) is 7.26. The maximum Gasteiger partial charge on any atom is 0.278 e. The number of benzene rings is 2. The number of hydrogen-bond acceptors (Lipinski definition) is 6. The van der Waals surface area contributed by atoms with Gasteiger partial charge in [-0.25, -0.2) is 0 Å². The Hall–Kier alpha value is -3.48. The van der Waals surface area contributed by atoms with Crippen molar-refractivity contribution in [3.63, 3.8) is 0 Å². The van der Waals surface area contributed by atoms with Crippen molar-refractivity contribution in [2.75, 3.05) is 25.1 Å². The number of ether oxygens (including phenoxy) is 3. The zero-order valence-electron chi connectivity index (χ0n) is 17.2. The molecule has 0 aromatic heterocycles. The summed E-state index contributed by atoms with van der Waals surface area (Å²) < 4.78 is 16.7. The number of anilines is 1. The molecular formula is C23H24N2O5. The number of nitrogens with zero attached hydrogens (tertiary/aromatic N) is 1. The molecule has 30 heavy (non-hydrogen) atoms. The SMILES string of the molecule is CCOc1ccc(C2=C(Nc3ccc4c(c3)OCCO4)C(=O)N(C(C)C)C2=O)cc1. The summed E-state index contributed by atoms with van der Waals surface area (Å²) in [6.45, 7) is 7.07. The lowest BCUT2D eigenvalue weighted by atomic mass is 10.0. The van der Waals surface area contributed by atoms with Crippen LogP contribution in [0.1, 0.15) is 26.3 Å². The van der Waals surface area contributed by atoms with E-state index >= 15 is 0 Å². The van der Waals surface area contributed by atoms with Gasteiger partial charge in [0.15, 0.2) is 11.5 Å². The molecule has 0 fully saturated rings. The second kappa shape index (κ2) is 8.10. The summed E-state index contributed by atoms with van der Waals surface area (Å²) in [6.07, 6.45) is 0. The highest BCUT2D eigenvalue weighted by Gasteiger charge is 2.40. The van der Waals surface area contributed by atoms with Gasteiger partial charge in [-0.15, -0.1) is 0 Å². The molecular weight excluding hydrogens is 384 g/mol. The second-order valence-electron chi connectivity index (χ2n) is 7.26. The number of hydrogen-bond donors (Lipinski definition) is 1. The van der Waals surface area contributed by atoms with E-state index in [0.29, 0.717) is 53.9 Å². The van der Waals surface area contributed by atoms with Gasteiger partial charge in [0.25, 0.3) is 11.8 Å². The van der Waals surface area contributed by atoms with Gasteiger partial charge in [-0.3, -0.25) is 14.5 Å². The zero-order valence-corrected chi connectivity index (χ0v) is 17.2. The van der Waals surface area contributed by atoms with Crippen molar-refractivity contribution in [3.8, 4) is 17.2 Å². The summed E-state index contributed by atoms with van der Waals surface area (Å²) >= 11 is 0. The highest BCUT2D eigenvalue weighted by atomic mass is 16.6. The summed E-state index contributed by atoms with van der Waals surface area (Å²) in [7, 11) is 0. The molecule has 0 aliphatic carbocycles. The van der Waals surface area contributed by atoms with Gasteiger partial charge in [-0.2, -0.15) is 0 Å². The van der Waals surface area contributed by atoms with E-state index in [1.165, 1.54) is 4.90 Å². The predicted molar refractivity (Wildman–Crippen MR) is 113 cm³/mol. The fourth-order valence-electron chi connectivity index (χ4n) is 3.55. The normalized spacial score (nSPS) is 15.8. The van der Waals surface area contributed by atoms with Gasteiger partial charge in [0.1, 0.15) is 24.7 Å². The number of rotatable bonds is 6. The number of imide groups is 1. The van der Waals surface area contributed by atoms with Gasteiger partial charge in [0.05, 0.1) is 12.2 Å². The maximum absolute atomic E-state index is 13.1. The summed E-state index contributed by atoms with van der Waals surface area (Å²) in [5.74, 6) is 1.30. The van der Waals surface area contributed by atoms with Crippen LogP contribution in [0.4, 0.5) is 5.69 Å². The predicted octanol–water partition coefficient (Wildman–Crippen LogP) is 3.46. The molecule has 0 radical (unpaired) electrons. The summed E-state index contributed by atoms with van der Waals surface area (Å²) in [4.78, 5) is 27.5. The Morgan fingerprint density at radius 3 is 2.37 bits per heavy atom. The molecule has 2 aliphatic heterocycles. The highest BCUT2D eigenvalue weighted by Crippen LogP contribution is 2.36. The highest BCUT2D eigenvalue weighted by molar-refractivity contribution is 6.36. The monoisotopic (exact) mass is 408 g/mol. The largest absolute Gasteiger partial charge is 0.494 e. The number of carbonyl (C=O) groups is 2. The van der Waals surface area contributed by atoms with Crippen LogP contribution in [0.25, 0.3) is 5.57 Å². The molecule has 7 heteroatoms. The molecule has 156 valence electrons. The third kappa shape index (κ3) is 3.58. The Balaban J connectivity index is 1.73. The van der Waals surface area contributed by atoms with Crippen LogP contribution in [0.15, 0.2) is 48.2 Å². The smallest absolute Gasteiger partial charge is 0.278 e. The van der Waals surface area contributed by atoms with E-state index in [-0.39, 0.29) is 23.6 Å². The maximum atomic E-state index is 13.1. The summed E-state index contributed by atoms with van der Waals surface area (Å²) in [6, 6.07) is 12.3. The first-order valence-electron chi connectivity index (χ1n) is 10.0. The molecule has 0 atom stereocenters. The van der Waals surface area contributed by atoms with E-state index in [1.807, 2.05) is 20.8 Å². The Bertz CT molecular complexity index is 1010. The van der Waals surface area contributed by atoms with Crippen molar-refractivity contribution in [1.82, 2.24) is 4.90 Å². The lowest BCUT2D eigenvalue weighted by molar-refractivity contribution is -0.138. The van der Waals surface area contributed by atoms with Crippen LogP contribution in [-0.4, -0.2) is 42.6 Å². The minimum atomic E-state index is -0.353. The zero-order chi connectivity index (χ0) is 21.3. The molecule has 1 N–H and O–H groups in total. The van der Waals surface area contributed by atoms with Crippen LogP contribution in [0.3, 0.4) is 0 Å². The van der Waals surface area contributed by atoms with Crippen LogP contribution in [0.5, 0.6) is 17.2 Å². The fraction of sp³-hybridized carbons (Fsp3) is 0.304. The van der Waals surface area contributed by atoms with Gasteiger partial charge >= 0.3 is 0 Å². The lowest BCUT2D eigenvalue weighted by Gasteiger charge is -2.20. The average molecular weight is 408 g/mol. The molecule has 0 spiro atoms. The lowest BCUT2D eigenvalue weighted by Crippen LogP contribution is -2.38. The Labute approximate surface area is 175 Å². The molecule has 4 rings (SSSR count). The van der Waals surface area contributed by atoms with Gasteiger partial charge in [-0.1, -0.05) is 12.1 Å². The van der Waals surface area contributed by atoms with Gasteiger partial charge in [-0.05, 0) is 50.6 Å². The molecule has 2 aliphatic rings. The van der Waals surface area contributed by atoms with Crippen LogP contribution in [-0.2, 0) is 9.59 Å². The first-order valence-corrected chi connectivity index (χ1v) is 10.0. The van der Waals surface area contributed by atoms with E-state index in [0.717, 1.165) is 0 Å². The van der Waals surface area contributed by atoms with Crippen LogP contribution in [0, 0.1) is 0 Å². The van der Waals surface area contributed by atoms with E-state index in [1.54, 1.807) is 42.5 Å². The minimum absolute atomic E-state index is 0.245. The standard InChI is InChI=1S/C23H24N2O5/c1-4-28-17-8-5-15(6-9-17)20-21(23(27)25(14(2)3)22(20)26)24-16-7-10-18-19(13-16)30-12-11-29-18/h5-10,13-14,24H,4,11-12H2,1-3H3. The topological polar surface area (TPSA) is 77.1 Å². The molecule has 2 aromatic rings. The average Bonchev–Trinajstić information content (AvgIpc) is 2.98. The van der Waals surface area contributed by atoms with Crippen LogP contribution >= 0.6 is 0 Å². The molecule has 0 saturated carbocycles. The third-order valence-corrected chi connectivity index (χ3v) is 4.90. The minimum Gasteiger partial charge on any atom is -0.494 e. The van der Waals surface area contributed by atoms with E-state index in [4.69, 9.17) is 14.2 Å². The molecule has 0 unspecified atom stereocenters. The van der Waals surface area contributed by atoms with E-state index in [2.05, 4.69) is 5.32 Å². The first kappa shape index (κ1) is 19.8. The van der Waals surface area contributed by atoms with Crippen molar-refractivity contribution in [2.45, 2.75) is 26.8 Å². The summed E-state index contributed by atoms with van der Waals surface area (Å²) in [5.41, 5.74) is 1.88. The molecule has 2 amide bonds. The van der Waals surface area contributed by atoms with Gasteiger partial charge in [0, 0.05) is 17.8 Å². The molecule has 0 bridgehead atoms. The number of carbonyl (C=O) groups excluding carboxylic acids is 2. The first-order chi connectivity index (χ1) is 14.5. The van der Waals surface area contributed by atoms with Crippen molar-refractivity contribution < 1.29 is 23.8 Å². The molecule has 7 nitrogen and oxygen atoms in total. The third-order valence-electron chi connectivity index (χ3n) is 4.90.